The first kappa shape index (κ1) is 17.1. The van der Waals surface area contributed by atoms with E-state index in [9.17, 15) is 9.59 Å². The summed E-state index contributed by atoms with van der Waals surface area (Å²) in [5, 5.41) is 6.72. The molecule has 3 aromatic rings. The van der Waals surface area contributed by atoms with Crippen LogP contribution in [-0.4, -0.2) is 29.9 Å². The Labute approximate surface area is 159 Å². The molecule has 2 aromatic heterocycles. The van der Waals surface area contributed by atoms with Crippen molar-refractivity contribution < 1.29 is 9.59 Å². The summed E-state index contributed by atoms with van der Waals surface area (Å²) in [6.45, 7) is 0. The van der Waals surface area contributed by atoms with Crippen LogP contribution in [0.15, 0.2) is 36.4 Å². The lowest BCUT2D eigenvalue weighted by Crippen LogP contribution is -2.39. The highest BCUT2D eigenvalue weighted by Gasteiger charge is 2.34. The van der Waals surface area contributed by atoms with Gasteiger partial charge in [-0.05, 0) is 29.7 Å². The number of aromatic nitrogens is 1. The molecule has 2 heterocycles. The van der Waals surface area contributed by atoms with E-state index in [1.807, 2.05) is 30.3 Å². The van der Waals surface area contributed by atoms with Crippen molar-refractivity contribution in [1.29, 1.82) is 0 Å². The molecule has 0 bridgehead atoms. The number of benzene rings is 1. The van der Waals surface area contributed by atoms with Crippen LogP contribution in [0.25, 0.3) is 10.2 Å². The van der Waals surface area contributed by atoms with Crippen molar-refractivity contribution in [2.24, 2.45) is 0 Å². The lowest BCUT2D eigenvalue weighted by Gasteiger charge is -2.21. The Morgan fingerprint density at radius 1 is 1.31 bits per heavy atom. The molecule has 4 rings (SSSR count). The lowest BCUT2D eigenvalue weighted by atomic mass is 9.94. The molecule has 2 atom stereocenters. The van der Waals surface area contributed by atoms with Crippen molar-refractivity contribution in [3.05, 3.63) is 57.6 Å². The fourth-order valence-corrected chi connectivity index (χ4v) is 4.77. The zero-order valence-electron chi connectivity index (χ0n) is 14.1. The first-order valence-corrected chi connectivity index (χ1v) is 9.62. The summed E-state index contributed by atoms with van der Waals surface area (Å²) in [6, 6.07) is 11.6. The van der Waals surface area contributed by atoms with E-state index < -0.39 is 0 Å². The fraction of sp³-hybridized carbons (Fsp3) is 0.263. The summed E-state index contributed by atoms with van der Waals surface area (Å²) < 4.78 is 0.690. The first-order valence-electron chi connectivity index (χ1n) is 8.42. The van der Waals surface area contributed by atoms with Crippen molar-refractivity contribution in [2.45, 2.75) is 24.8 Å². The molecule has 26 heavy (non-hydrogen) atoms. The summed E-state index contributed by atoms with van der Waals surface area (Å²) in [6.07, 6.45) is 1.08. The number of thiophene rings is 1. The van der Waals surface area contributed by atoms with Crippen molar-refractivity contribution in [3.63, 3.8) is 0 Å². The van der Waals surface area contributed by atoms with Crippen LogP contribution >= 0.6 is 22.9 Å². The van der Waals surface area contributed by atoms with Gasteiger partial charge in [-0.1, -0.05) is 35.9 Å². The first-order chi connectivity index (χ1) is 12.5. The Bertz CT molecular complexity index is 962. The number of carbonyl (C=O) groups excluding carboxylic acids is 2. The maximum absolute atomic E-state index is 12.7. The molecule has 7 heteroatoms. The summed E-state index contributed by atoms with van der Waals surface area (Å²) in [7, 11) is 1.63. The van der Waals surface area contributed by atoms with Crippen molar-refractivity contribution in [1.82, 2.24) is 15.6 Å². The zero-order chi connectivity index (χ0) is 18.3. The average Bonchev–Trinajstić information content (AvgIpc) is 3.26. The number of carbonyl (C=O) groups is 2. The number of aromatic amines is 1. The number of halogens is 1. The van der Waals surface area contributed by atoms with Gasteiger partial charge in [0.2, 0.25) is 5.91 Å². The highest BCUT2D eigenvalue weighted by Crippen LogP contribution is 2.36. The lowest BCUT2D eigenvalue weighted by molar-refractivity contribution is -0.121. The molecule has 2 amide bonds. The van der Waals surface area contributed by atoms with Crippen LogP contribution < -0.4 is 10.6 Å². The maximum atomic E-state index is 12.7. The molecular formula is C19H18ClN3O2S. The molecular weight excluding hydrogens is 370 g/mol. The standard InChI is InChI=1S/C19H18ClN3O2S/c1-21-17(24)9-13-12-5-3-2-4-10(12)6-14(13)22-18(25)15-7-11-8-16(20)26-19(11)23-15/h2-5,7-8,13-14,23H,6,9H2,1H3,(H,21,24)(H,22,25)/t13-,14-/m1/s1. The summed E-state index contributed by atoms with van der Waals surface area (Å²) in [4.78, 5) is 28.7. The van der Waals surface area contributed by atoms with Crippen LogP contribution in [-0.2, 0) is 11.2 Å². The Hall–Kier alpha value is -2.31. The van der Waals surface area contributed by atoms with Gasteiger partial charge in [0.1, 0.15) is 10.5 Å². The van der Waals surface area contributed by atoms with E-state index in [2.05, 4.69) is 21.7 Å². The normalized spacial score (nSPS) is 18.7. The second-order valence-corrected chi connectivity index (χ2v) is 8.17. The number of hydrogen-bond donors (Lipinski definition) is 3. The number of H-pyrrole nitrogens is 1. The molecule has 0 saturated heterocycles. The van der Waals surface area contributed by atoms with Crippen LogP contribution in [0, 0.1) is 0 Å². The molecule has 5 nitrogen and oxygen atoms in total. The van der Waals surface area contributed by atoms with Gasteiger partial charge >= 0.3 is 0 Å². The van der Waals surface area contributed by atoms with Crippen LogP contribution in [0.1, 0.15) is 34.0 Å². The van der Waals surface area contributed by atoms with E-state index in [0.717, 1.165) is 22.2 Å². The third-order valence-corrected chi connectivity index (χ3v) is 6.10. The molecule has 134 valence electrons. The Balaban J connectivity index is 1.56. The quantitative estimate of drug-likeness (QED) is 0.641. The number of fused-ring (bicyclic) bond motifs is 2. The van der Waals surface area contributed by atoms with E-state index >= 15 is 0 Å². The van der Waals surface area contributed by atoms with Gasteiger partial charge in [-0.15, -0.1) is 11.3 Å². The minimum atomic E-state index is -0.163. The zero-order valence-corrected chi connectivity index (χ0v) is 15.7. The maximum Gasteiger partial charge on any atom is 0.267 e. The molecule has 0 aliphatic heterocycles. The van der Waals surface area contributed by atoms with E-state index in [0.29, 0.717) is 16.5 Å². The minimum Gasteiger partial charge on any atom is -0.359 e. The topological polar surface area (TPSA) is 74.0 Å². The molecule has 0 saturated carbocycles. The van der Waals surface area contributed by atoms with Gasteiger partial charge in [-0.25, -0.2) is 0 Å². The van der Waals surface area contributed by atoms with Gasteiger partial charge in [0, 0.05) is 30.8 Å². The summed E-state index contributed by atoms with van der Waals surface area (Å²) >= 11 is 7.40. The van der Waals surface area contributed by atoms with E-state index in [1.54, 1.807) is 7.05 Å². The second-order valence-electron chi connectivity index (χ2n) is 6.48. The smallest absolute Gasteiger partial charge is 0.267 e. The predicted molar refractivity (Wildman–Crippen MR) is 104 cm³/mol. The molecule has 1 aliphatic rings. The average molecular weight is 388 g/mol. The minimum absolute atomic E-state index is 0.0269. The SMILES string of the molecule is CNC(=O)C[C@@H]1c2ccccc2C[C@H]1NC(=O)c1cc2cc(Cl)sc2[nH]1. The Kier molecular flexibility index (Phi) is 4.46. The summed E-state index contributed by atoms with van der Waals surface area (Å²) in [5.74, 6) is -0.217. The van der Waals surface area contributed by atoms with Gasteiger partial charge < -0.3 is 15.6 Å². The third kappa shape index (κ3) is 3.10. The molecule has 0 unspecified atom stereocenters. The Morgan fingerprint density at radius 3 is 2.88 bits per heavy atom. The summed E-state index contributed by atoms with van der Waals surface area (Å²) in [5.41, 5.74) is 2.84. The molecule has 3 N–H and O–H groups in total. The third-order valence-electron chi connectivity index (χ3n) is 4.90. The van der Waals surface area contributed by atoms with Crippen LogP contribution in [0.4, 0.5) is 0 Å². The van der Waals surface area contributed by atoms with Crippen molar-refractivity contribution >= 4 is 45.0 Å². The van der Waals surface area contributed by atoms with Gasteiger partial charge in [-0.3, -0.25) is 9.59 Å². The highest BCUT2D eigenvalue weighted by molar-refractivity contribution is 7.22. The van der Waals surface area contributed by atoms with Crippen LogP contribution in [0.5, 0.6) is 0 Å². The van der Waals surface area contributed by atoms with Gasteiger partial charge in [0.15, 0.2) is 0 Å². The van der Waals surface area contributed by atoms with Crippen molar-refractivity contribution in [2.75, 3.05) is 7.05 Å². The molecule has 1 aromatic carbocycles. The van der Waals surface area contributed by atoms with Crippen LogP contribution in [0.2, 0.25) is 4.34 Å². The molecule has 1 aliphatic carbocycles. The van der Waals surface area contributed by atoms with Gasteiger partial charge in [0.05, 0.1) is 4.34 Å². The number of hydrogen-bond acceptors (Lipinski definition) is 3. The number of amides is 2. The monoisotopic (exact) mass is 387 g/mol. The second kappa shape index (κ2) is 6.78. The fourth-order valence-electron chi connectivity index (χ4n) is 3.64. The van der Waals surface area contributed by atoms with E-state index in [4.69, 9.17) is 11.6 Å². The number of rotatable bonds is 4. The van der Waals surface area contributed by atoms with E-state index in [1.165, 1.54) is 16.9 Å². The molecule has 0 radical (unpaired) electrons. The number of nitrogens with one attached hydrogen (secondary N) is 3. The molecule has 0 fully saturated rings. The predicted octanol–water partition coefficient (Wildman–Crippen LogP) is 3.46. The largest absolute Gasteiger partial charge is 0.359 e. The molecule has 0 spiro atoms. The van der Waals surface area contributed by atoms with Crippen molar-refractivity contribution in [3.8, 4) is 0 Å². The van der Waals surface area contributed by atoms with E-state index in [-0.39, 0.29) is 23.8 Å². The van der Waals surface area contributed by atoms with Gasteiger partial charge in [0.25, 0.3) is 5.91 Å². The van der Waals surface area contributed by atoms with Gasteiger partial charge in [-0.2, -0.15) is 0 Å². The Morgan fingerprint density at radius 2 is 2.12 bits per heavy atom. The van der Waals surface area contributed by atoms with Crippen LogP contribution in [0.3, 0.4) is 0 Å². The highest BCUT2D eigenvalue weighted by atomic mass is 35.5.